The Balaban J connectivity index is -0.000000000429. The molecule has 0 atom stereocenters. The molecule has 71 valence electrons. The number of rotatable bonds is 0. The van der Waals surface area contributed by atoms with E-state index in [1.54, 1.807) is 0 Å². The molecular formula is C4H9Y15-. The van der Waals surface area contributed by atoms with Crippen molar-refractivity contribution in [2.24, 2.45) is 5.92 Å². The SMILES string of the molecule is [CH2-]C(C)C.[Y].[Y].[Y].[Y].[Y].[Y].[Y].[Y].[Y].[Y].[Y].[Y].[Y].[Y].[Y]. The largest absolute Gasteiger partial charge is 0.341 e. The topological polar surface area (TPSA) is 0 Å². The summed E-state index contributed by atoms with van der Waals surface area (Å²) >= 11 is 0. The van der Waals surface area contributed by atoms with Gasteiger partial charge in [-0.2, -0.15) is 5.92 Å². The van der Waals surface area contributed by atoms with Crippen molar-refractivity contribution in [3.05, 3.63) is 6.92 Å². The second kappa shape index (κ2) is 102. The quantitative estimate of drug-likeness (QED) is 0.323. The van der Waals surface area contributed by atoms with Crippen LogP contribution in [-0.2, 0) is 491 Å². The number of hydrogen-bond acceptors (Lipinski definition) is 0. The average molecular weight is 1390 g/mol. The zero-order valence-corrected chi connectivity index (χ0v) is 54.5. The van der Waals surface area contributed by atoms with Crippen LogP contribution in [0.4, 0.5) is 0 Å². The van der Waals surface area contributed by atoms with Gasteiger partial charge in [0.15, 0.2) is 0 Å². The fourth-order valence-corrected chi connectivity index (χ4v) is 0. The van der Waals surface area contributed by atoms with Crippen LogP contribution >= 0.6 is 0 Å². The molecule has 0 rings (SSSR count). The van der Waals surface area contributed by atoms with Gasteiger partial charge in [-0.1, -0.05) is 13.8 Å². The smallest absolute Gasteiger partial charge is 0 e. The molecule has 15 radical (unpaired) electrons. The van der Waals surface area contributed by atoms with E-state index in [-0.39, 0.29) is 491 Å². The van der Waals surface area contributed by atoms with Crippen LogP contribution in [0.15, 0.2) is 0 Å². The molecule has 0 saturated carbocycles. The third-order valence-corrected chi connectivity index (χ3v) is 0. The summed E-state index contributed by atoms with van der Waals surface area (Å²) < 4.78 is 0. The van der Waals surface area contributed by atoms with Gasteiger partial charge < -0.3 is 6.92 Å². The molecule has 0 heterocycles. The molecule has 0 aliphatic rings. The van der Waals surface area contributed by atoms with Gasteiger partial charge in [-0.25, -0.2) is 0 Å². The van der Waals surface area contributed by atoms with Crippen LogP contribution in [0.3, 0.4) is 0 Å². The maximum absolute atomic E-state index is 3.64. The third kappa shape index (κ3) is 134. The van der Waals surface area contributed by atoms with Gasteiger partial charge in [0.05, 0.1) is 0 Å². The van der Waals surface area contributed by atoms with E-state index in [0.29, 0.717) is 5.92 Å². The molecule has 0 nitrogen and oxygen atoms in total. The van der Waals surface area contributed by atoms with E-state index < -0.39 is 0 Å². The summed E-state index contributed by atoms with van der Waals surface area (Å²) in [5, 5.41) is 0. The maximum atomic E-state index is 3.64. The van der Waals surface area contributed by atoms with Crippen molar-refractivity contribution >= 4 is 0 Å². The maximum Gasteiger partial charge on any atom is 0 e. The summed E-state index contributed by atoms with van der Waals surface area (Å²) in [5.74, 6) is 0.583. The van der Waals surface area contributed by atoms with Crippen LogP contribution < -0.4 is 0 Å². The van der Waals surface area contributed by atoms with Crippen LogP contribution in [0.5, 0.6) is 0 Å². The van der Waals surface area contributed by atoms with E-state index in [1.165, 1.54) is 0 Å². The molecule has 0 unspecified atom stereocenters. The Kier molecular flexibility index (Phi) is 594. The summed E-state index contributed by atoms with van der Waals surface area (Å²) in [5.41, 5.74) is 0. The molecule has 0 fully saturated rings. The second-order valence-electron chi connectivity index (χ2n) is 1.39. The first-order valence-corrected chi connectivity index (χ1v) is 1.56. The van der Waals surface area contributed by atoms with Gasteiger partial charge in [0.25, 0.3) is 0 Å². The van der Waals surface area contributed by atoms with Crippen molar-refractivity contribution in [1.29, 1.82) is 0 Å². The molecule has 0 aromatic carbocycles. The summed E-state index contributed by atoms with van der Waals surface area (Å²) in [6, 6.07) is 0. The monoisotopic (exact) mass is 1390 g/mol. The van der Waals surface area contributed by atoms with E-state index in [0.717, 1.165) is 0 Å². The van der Waals surface area contributed by atoms with Gasteiger partial charge in [0, 0.05) is 491 Å². The van der Waals surface area contributed by atoms with Crippen molar-refractivity contribution < 1.29 is 491 Å². The predicted molar refractivity (Wildman–Crippen MR) is 20.2 cm³/mol. The van der Waals surface area contributed by atoms with Gasteiger partial charge in [0.1, 0.15) is 0 Å². The normalized spacial score (nSPS) is 1.89. The Morgan fingerprint density at radius 1 is 0.368 bits per heavy atom. The molecule has 0 spiro atoms. The minimum Gasteiger partial charge on any atom is -0.341 e. The molecule has 0 aromatic rings. The fourth-order valence-electron chi connectivity index (χ4n) is 0. The molecule has 19 heavy (non-hydrogen) atoms. The van der Waals surface area contributed by atoms with Crippen LogP contribution in [-0.4, -0.2) is 0 Å². The van der Waals surface area contributed by atoms with E-state index in [2.05, 4.69) is 20.8 Å². The summed E-state index contributed by atoms with van der Waals surface area (Å²) in [6.45, 7) is 7.75. The van der Waals surface area contributed by atoms with Crippen molar-refractivity contribution in [3.8, 4) is 0 Å². The zero-order valence-electron chi connectivity index (χ0n) is 11.9. The standard InChI is InChI=1S/C4H9.15Y/c1-4(2)3;;;;;;;;;;;;;;;/h4H,1H2,2-3H3;;;;;;;;;;;;;;;/q-1;;;;;;;;;;;;;;;. The summed E-state index contributed by atoms with van der Waals surface area (Å²) in [4.78, 5) is 0. The van der Waals surface area contributed by atoms with Crippen molar-refractivity contribution in [2.75, 3.05) is 0 Å². The average Bonchev–Trinajstić information content (AvgIpc) is 0.811. The Bertz CT molecular complexity index is 18.9. The Morgan fingerprint density at radius 3 is 0.368 bits per heavy atom. The van der Waals surface area contributed by atoms with Gasteiger partial charge >= 0.3 is 0 Å². The minimum atomic E-state index is 0. The minimum absolute atomic E-state index is 0. The zero-order chi connectivity index (χ0) is 3.58. The summed E-state index contributed by atoms with van der Waals surface area (Å²) in [7, 11) is 0. The van der Waals surface area contributed by atoms with Crippen molar-refractivity contribution in [1.82, 2.24) is 0 Å². The Hall–Kier alpha value is 16.6. The molecule has 0 saturated heterocycles. The van der Waals surface area contributed by atoms with Crippen molar-refractivity contribution in [3.63, 3.8) is 0 Å². The second-order valence-corrected chi connectivity index (χ2v) is 1.39. The Morgan fingerprint density at radius 2 is 0.368 bits per heavy atom. The van der Waals surface area contributed by atoms with Crippen LogP contribution in [0.2, 0.25) is 0 Å². The fraction of sp³-hybridized carbons (Fsp3) is 0.750. The third-order valence-electron chi connectivity index (χ3n) is 0. The first-order chi connectivity index (χ1) is 1.73. The molecular weight excluding hydrogens is 1380 g/mol. The molecule has 0 bridgehead atoms. The molecule has 0 aliphatic heterocycles. The van der Waals surface area contributed by atoms with Crippen LogP contribution in [0.1, 0.15) is 13.8 Å². The first-order valence-electron chi connectivity index (χ1n) is 1.56. The molecule has 0 aliphatic carbocycles. The van der Waals surface area contributed by atoms with E-state index in [1.807, 2.05) is 0 Å². The van der Waals surface area contributed by atoms with Crippen LogP contribution in [0, 0.1) is 12.8 Å². The van der Waals surface area contributed by atoms with Gasteiger partial charge in [0.2, 0.25) is 0 Å². The molecule has 0 aromatic heterocycles. The van der Waals surface area contributed by atoms with Crippen molar-refractivity contribution in [2.45, 2.75) is 13.8 Å². The van der Waals surface area contributed by atoms with Gasteiger partial charge in [-0.15, -0.1) is 0 Å². The molecule has 15 heteroatoms. The van der Waals surface area contributed by atoms with E-state index in [4.69, 9.17) is 0 Å². The number of hydrogen-bond donors (Lipinski definition) is 0. The Labute approximate surface area is 499 Å². The molecule has 0 N–H and O–H groups in total. The molecule has 0 amide bonds. The van der Waals surface area contributed by atoms with Gasteiger partial charge in [-0.3, -0.25) is 0 Å². The van der Waals surface area contributed by atoms with Gasteiger partial charge in [-0.05, 0) is 0 Å². The van der Waals surface area contributed by atoms with E-state index >= 15 is 0 Å². The summed E-state index contributed by atoms with van der Waals surface area (Å²) in [6.07, 6.45) is 0. The first kappa shape index (κ1) is 111. The predicted octanol–water partition coefficient (Wildman–Crippen LogP) is 1.44. The van der Waals surface area contributed by atoms with Crippen LogP contribution in [0.25, 0.3) is 0 Å². The van der Waals surface area contributed by atoms with E-state index in [9.17, 15) is 0 Å².